The van der Waals surface area contributed by atoms with Gasteiger partial charge in [-0.25, -0.2) is 9.79 Å². The minimum absolute atomic E-state index is 0.293. The van der Waals surface area contributed by atoms with Gasteiger partial charge < -0.3 is 5.32 Å². The number of carbonyl (C=O) groups is 1. The highest BCUT2D eigenvalue weighted by atomic mass is 16.2. The topological polar surface area (TPSA) is 65.5 Å². The van der Waals surface area contributed by atoms with E-state index in [1.807, 2.05) is 54.6 Å². The summed E-state index contributed by atoms with van der Waals surface area (Å²) in [5.74, 6) is 0.695. The van der Waals surface area contributed by atoms with Gasteiger partial charge in [0.15, 0.2) is 0 Å². The molecule has 0 unspecified atom stereocenters. The maximum absolute atomic E-state index is 11.8. The smallest absolute Gasteiger partial charge is 0.333 e. The Hall–Kier alpha value is -3.08. The molecule has 1 heterocycles. The van der Waals surface area contributed by atoms with Crippen LogP contribution < -0.4 is 16.2 Å². The number of amidine groups is 1. The van der Waals surface area contributed by atoms with Crippen molar-refractivity contribution in [2.75, 3.05) is 0 Å². The first-order valence-corrected chi connectivity index (χ1v) is 7.46. The Morgan fingerprint density at radius 3 is 2.70 bits per heavy atom. The van der Waals surface area contributed by atoms with Gasteiger partial charge in [0.2, 0.25) is 0 Å². The fourth-order valence-corrected chi connectivity index (χ4v) is 2.32. The van der Waals surface area contributed by atoms with Gasteiger partial charge in [0.05, 0.1) is 0 Å². The van der Waals surface area contributed by atoms with Gasteiger partial charge >= 0.3 is 6.03 Å². The molecule has 2 amide bonds. The lowest BCUT2D eigenvalue weighted by Crippen LogP contribution is -2.47. The van der Waals surface area contributed by atoms with Gasteiger partial charge in [0, 0.05) is 19.2 Å². The number of nitrogens with zero attached hydrogens (tertiary/aromatic N) is 1. The van der Waals surface area contributed by atoms with E-state index in [0.29, 0.717) is 18.8 Å². The van der Waals surface area contributed by atoms with Gasteiger partial charge in [-0.3, -0.25) is 10.9 Å². The molecular weight excluding hydrogens is 288 g/mol. The van der Waals surface area contributed by atoms with Crippen LogP contribution in [0.15, 0.2) is 65.8 Å². The number of fused-ring (bicyclic) bond motifs is 1. The van der Waals surface area contributed by atoms with Gasteiger partial charge in [-0.1, -0.05) is 54.6 Å². The Bertz CT molecular complexity index is 738. The van der Waals surface area contributed by atoms with E-state index in [4.69, 9.17) is 0 Å². The van der Waals surface area contributed by atoms with Crippen molar-refractivity contribution in [2.24, 2.45) is 4.99 Å². The second-order valence-electron chi connectivity index (χ2n) is 5.19. The van der Waals surface area contributed by atoms with Crippen molar-refractivity contribution in [3.63, 3.8) is 0 Å². The van der Waals surface area contributed by atoms with Crippen LogP contribution in [0.1, 0.15) is 16.7 Å². The van der Waals surface area contributed by atoms with E-state index >= 15 is 0 Å². The van der Waals surface area contributed by atoms with Crippen LogP contribution in [0.5, 0.6) is 0 Å². The molecule has 5 heteroatoms. The molecule has 1 aliphatic rings. The van der Waals surface area contributed by atoms with Crippen LogP contribution in [0.25, 0.3) is 6.08 Å². The summed E-state index contributed by atoms with van der Waals surface area (Å²) in [5, 5.41) is 2.79. The molecule has 0 spiro atoms. The first-order valence-electron chi connectivity index (χ1n) is 7.46. The number of amides is 2. The summed E-state index contributed by atoms with van der Waals surface area (Å²) in [6.07, 6.45) is 4.33. The van der Waals surface area contributed by atoms with Gasteiger partial charge in [-0.2, -0.15) is 0 Å². The van der Waals surface area contributed by atoms with Gasteiger partial charge in [0.1, 0.15) is 5.84 Å². The molecule has 1 aliphatic heterocycles. The molecule has 3 rings (SSSR count). The van der Waals surface area contributed by atoms with Crippen molar-refractivity contribution in [3.8, 4) is 0 Å². The van der Waals surface area contributed by atoms with Crippen molar-refractivity contribution in [1.82, 2.24) is 16.2 Å². The van der Waals surface area contributed by atoms with Gasteiger partial charge in [-0.15, -0.1) is 0 Å². The third-order valence-corrected chi connectivity index (χ3v) is 3.51. The monoisotopic (exact) mass is 306 g/mol. The number of nitrogens with one attached hydrogen (secondary N) is 3. The van der Waals surface area contributed by atoms with Gasteiger partial charge in [-0.05, 0) is 22.8 Å². The zero-order valence-electron chi connectivity index (χ0n) is 12.6. The lowest BCUT2D eigenvalue weighted by molar-refractivity contribution is 0.238. The van der Waals surface area contributed by atoms with Crippen LogP contribution in [0.3, 0.4) is 0 Å². The Morgan fingerprint density at radius 1 is 1.04 bits per heavy atom. The first kappa shape index (κ1) is 14.8. The van der Waals surface area contributed by atoms with Crippen LogP contribution in [0.4, 0.5) is 4.79 Å². The Balaban J connectivity index is 1.50. The first-order chi connectivity index (χ1) is 11.3. The zero-order chi connectivity index (χ0) is 15.9. The van der Waals surface area contributed by atoms with Crippen molar-refractivity contribution in [3.05, 3.63) is 77.5 Å². The largest absolute Gasteiger partial charge is 0.333 e. The second kappa shape index (κ2) is 7.26. The maximum atomic E-state index is 11.8. The molecule has 0 atom stereocenters. The number of carbonyl (C=O) groups excluding carboxylic acids is 1. The zero-order valence-corrected chi connectivity index (χ0v) is 12.6. The van der Waals surface area contributed by atoms with Crippen molar-refractivity contribution in [2.45, 2.75) is 13.0 Å². The van der Waals surface area contributed by atoms with Crippen LogP contribution in [-0.2, 0) is 13.0 Å². The fraction of sp³-hybridized carbons (Fsp3) is 0.111. The quantitative estimate of drug-likeness (QED) is 0.747. The standard InChI is InChI=1S/C18H18N4O/c23-18(20-13-14-6-2-1-3-7-14)22-21-17-12-16-9-5-4-8-15(16)10-11-19-17/h1-11H,12-13H2,(H,19,21)(H2,20,22,23). The van der Waals surface area contributed by atoms with Gasteiger partial charge in [0.25, 0.3) is 0 Å². The van der Waals surface area contributed by atoms with E-state index in [9.17, 15) is 4.79 Å². The number of hydrazine groups is 1. The van der Waals surface area contributed by atoms with E-state index in [0.717, 1.165) is 11.1 Å². The number of hydrogen-bond donors (Lipinski definition) is 3. The minimum Gasteiger partial charge on any atom is -0.333 e. The molecule has 116 valence electrons. The van der Waals surface area contributed by atoms with Crippen molar-refractivity contribution in [1.29, 1.82) is 0 Å². The van der Waals surface area contributed by atoms with E-state index in [-0.39, 0.29) is 6.03 Å². The molecule has 0 aromatic heterocycles. The third kappa shape index (κ3) is 4.20. The molecule has 0 saturated carbocycles. The molecule has 2 aromatic carbocycles. The van der Waals surface area contributed by atoms with E-state index in [1.54, 1.807) is 6.20 Å². The summed E-state index contributed by atoms with van der Waals surface area (Å²) in [6, 6.07) is 17.6. The SMILES string of the molecule is O=C(NCc1ccccc1)NNC1=NC=Cc2ccccc2C1. The highest BCUT2D eigenvalue weighted by Gasteiger charge is 2.08. The maximum Gasteiger partial charge on any atom is 0.333 e. The summed E-state index contributed by atoms with van der Waals surface area (Å²) in [6.45, 7) is 0.476. The fourth-order valence-electron chi connectivity index (χ4n) is 2.32. The predicted octanol–water partition coefficient (Wildman–Crippen LogP) is 2.62. The lowest BCUT2D eigenvalue weighted by Gasteiger charge is -2.12. The molecule has 2 aromatic rings. The third-order valence-electron chi connectivity index (χ3n) is 3.51. The second-order valence-corrected chi connectivity index (χ2v) is 5.19. The number of urea groups is 1. The summed E-state index contributed by atoms with van der Waals surface area (Å²) >= 11 is 0. The normalized spacial score (nSPS) is 12.6. The number of aliphatic imine (C=N–C) groups is 1. The predicted molar refractivity (Wildman–Crippen MR) is 91.6 cm³/mol. The lowest BCUT2D eigenvalue weighted by atomic mass is 10.0. The van der Waals surface area contributed by atoms with Crippen LogP contribution in [0, 0.1) is 0 Å². The molecular formula is C18H18N4O. The minimum atomic E-state index is -0.293. The molecule has 3 N–H and O–H groups in total. The molecule has 0 bridgehead atoms. The highest BCUT2D eigenvalue weighted by Crippen LogP contribution is 2.14. The molecule has 0 radical (unpaired) electrons. The summed E-state index contributed by atoms with van der Waals surface area (Å²) in [5.41, 5.74) is 8.85. The molecule has 0 saturated heterocycles. The average Bonchev–Trinajstić information content (AvgIpc) is 2.81. The number of hydrogen-bond acceptors (Lipinski definition) is 3. The molecule has 0 fully saturated rings. The highest BCUT2D eigenvalue weighted by molar-refractivity contribution is 5.89. The van der Waals surface area contributed by atoms with Crippen molar-refractivity contribution >= 4 is 17.9 Å². The van der Waals surface area contributed by atoms with Crippen molar-refractivity contribution < 1.29 is 4.79 Å². The Morgan fingerprint density at radius 2 is 1.83 bits per heavy atom. The van der Waals surface area contributed by atoms with Crippen LogP contribution in [0.2, 0.25) is 0 Å². The van der Waals surface area contributed by atoms with E-state index in [1.165, 1.54) is 5.56 Å². The molecule has 0 aliphatic carbocycles. The van der Waals surface area contributed by atoms with E-state index in [2.05, 4.69) is 27.2 Å². The number of rotatable bonds is 2. The Kier molecular flexibility index (Phi) is 4.69. The van der Waals surface area contributed by atoms with E-state index < -0.39 is 0 Å². The number of benzene rings is 2. The summed E-state index contributed by atoms with van der Waals surface area (Å²) in [7, 11) is 0. The van der Waals surface area contributed by atoms with Crippen LogP contribution in [-0.4, -0.2) is 11.9 Å². The summed E-state index contributed by atoms with van der Waals surface area (Å²) in [4.78, 5) is 16.1. The molecule has 5 nitrogen and oxygen atoms in total. The molecule has 23 heavy (non-hydrogen) atoms. The summed E-state index contributed by atoms with van der Waals surface area (Å²) < 4.78 is 0. The van der Waals surface area contributed by atoms with Crippen LogP contribution >= 0.6 is 0 Å². The Labute approximate surface area is 135 Å². The average molecular weight is 306 g/mol.